The molecular weight excluding hydrogens is 395 g/mol. The van der Waals surface area contributed by atoms with Gasteiger partial charge >= 0.3 is 11.2 Å². The molecule has 0 unspecified atom stereocenters. The molecular formula is C18H13F3N3OS2+. The number of rotatable bonds is 2. The van der Waals surface area contributed by atoms with E-state index < -0.39 is 11.2 Å². The average Bonchev–Trinajstić information content (AvgIpc) is 3.06. The maximum atomic E-state index is 13.2. The highest BCUT2D eigenvalue weighted by Gasteiger charge is 2.41. The highest BCUT2D eigenvalue weighted by Crippen LogP contribution is 2.42. The van der Waals surface area contributed by atoms with Gasteiger partial charge in [-0.3, -0.25) is 4.79 Å². The van der Waals surface area contributed by atoms with Crippen LogP contribution >= 0.6 is 23.1 Å². The Morgan fingerprint density at radius 3 is 2.41 bits per heavy atom. The van der Waals surface area contributed by atoms with Crippen LogP contribution in [0.2, 0.25) is 0 Å². The second-order valence-corrected chi connectivity index (χ2v) is 7.83. The van der Waals surface area contributed by atoms with Crippen molar-refractivity contribution >= 4 is 38.6 Å². The number of nitriles is 1. The predicted molar refractivity (Wildman–Crippen MR) is 98.5 cm³/mol. The van der Waals surface area contributed by atoms with Gasteiger partial charge in [0.25, 0.3) is 5.24 Å². The summed E-state index contributed by atoms with van der Waals surface area (Å²) < 4.78 is 39.9. The number of carbonyl (C=O) groups is 1. The van der Waals surface area contributed by atoms with E-state index in [0.717, 1.165) is 11.8 Å². The second kappa shape index (κ2) is 7.21. The Balaban J connectivity index is 2.24. The number of nitrogens with one attached hydrogen (secondary N) is 1. The molecule has 1 heterocycles. The fraction of sp³-hybridized carbons (Fsp3) is 0.167. The topological polar surface area (TPSA) is 58.2 Å². The minimum Gasteiger partial charge on any atom is -0.339 e. The van der Waals surface area contributed by atoms with Gasteiger partial charge in [-0.25, -0.2) is 0 Å². The van der Waals surface area contributed by atoms with E-state index in [2.05, 4.69) is 4.98 Å². The van der Waals surface area contributed by atoms with Gasteiger partial charge in [0, 0.05) is 30.6 Å². The number of thioether (sulfide) groups is 1. The van der Waals surface area contributed by atoms with Gasteiger partial charge in [-0.15, -0.1) is 0 Å². The van der Waals surface area contributed by atoms with Gasteiger partial charge in [0.2, 0.25) is 5.52 Å². The lowest BCUT2D eigenvalue weighted by Gasteiger charge is -2.12. The third-order valence-corrected chi connectivity index (χ3v) is 5.96. The lowest BCUT2D eigenvalue weighted by molar-refractivity contribution is -0.390. The van der Waals surface area contributed by atoms with Crippen LogP contribution in [-0.2, 0) is 6.18 Å². The van der Waals surface area contributed by atoms with Crippen LogP contribution in [-0.4, -0.2) is 24.2 Å². The van der Waals surface area contributed by atoms with Crippen molar-refractivity contribution in [2.45, 2.75) is 11.1 Å². The number of aromatic amines is 1. The summed E-state index contributed by atoms with van der Waals surface area (Å²) in [4.78, 5) is 16.5. The zero-order chi connectivity index (χ0) is 19.8. The van der Waals surface area contributed by atoms with Gasteiger partial charge in [-0.1, -0.05) is 23.5 Å². The molecule has 2 aromatic carbocycles. The lowest BCUT2D eigenvalue weighted by Crippen LogP contribution is -2.16. The number of hydrogen-bond acceptors (Lipinski definition) is 4. The first-order valence-electron chi connectivity index (χ1n) is 7.66. The first kappa shape index (κ1) is 19.2. The molecule has 3 aromatic rings. The van der Waals surface area contributed by atoms with Crippen molar-refractivity contribution in [3.63, 3.8) is 0 Å². The summed E-state index contributed by atoms with van der Waals surface area (Å²) in [7, 11) is 3.21. The summed E-state index contributed by atoms with van der Waals surface area (Å²) in [6, 6.07) is 11.7. The Bertz CT molecular complexity index is 1050. The van der Waals surface area contributed by atoms with Crippen molar-refractivity contribution in [2.75, 3.05) is 14.1 Å². The third kappa shape index (κ3) is 3.91. The molecule has 0 radical (unpaired) electrons. The summed E-state index contributed by atoms with van der Waals surface area (Å²) in [6.45, 7) is 0. The van der Waals surface area contributed by atoms with E-state index in [9.17, 15) is 18.0 Å². The quantitative estimate of drug-likeness (QED) is 0.558. The van der Waals surface area contributed by atoms with Gasteiger partial charge in [0.15, 0.2) is 0 Å². The molecule has 0 aliphatic heterocycles. The van der Waals surface area contributed by atoms with E-state index in [1.165, 1.54) is 4.90 Å². The minimum absolute atomic E-state index is 0.235. The first-order valence-corrected chi connectivity index (χ1v) is 9.29. The molecule has 1 amide bonds. The van der Waals surface area contributed by atoms with Crippen molar-refractivity contribution in [3.05, 3.63) is 47.0 Å². The van der Waals surface area contributed by atoms with E-state index in [1.54, 1.807) is 50.5 Å². The zero-order valence-electron chi connectivity index (χ0n) is 14.2. The fourth-order valence-corrected chi connectivity index (χ4v) is 4.34. The van der Waals surface area contributed by atoms with Crippen LogP contribution in [0.1, 0.15) is 10.6 Å². The number of nitrogens with zero attached hydrogens (tertiary/aromatic N) is 2. The average molecular weight is 408 g/mol. The molecule has 138 valence electrons. The van der Waals surface area contributed by atoms with Crippen molar-refractivity contribution in [2.24, 2.45) is 0 Å². The Kier molecular flexibility index (Phi) is 5.13. The Morgan fingerprint density at radius 1 is 1.19 bits per heavy atom. The number of alkyl halides is 3. The molecule has 3 rings (SSSR count). The minimum atomic E-state index is -4.49. The highest BCUT2D eigenvalue weighted by molar-refractivity contribution is 8.13. The lowest BCUT2D eigenvalue weighted by atomic mass is 10.0. The predicted octanol–water partition coefficient (Wildman–Crippen LogP) is 5.05. The molecule has 4 nitrogen and oxygen atoms in total. The van der Waals surface area contributed by atoms with Crippen molar-refractivity contribution < 1.29 is 22.9 Å². The molecule has 0 saturated heterocycles. The highest BCUT2D eigenvalue weighted by atomic mass is 32.2. The van der Waals surface area contributed by atoms with Crippen LogP contribution in [0.3, 0.4) is 0 Å². The number of aromatic nitrogens is 1. The van der Waals surface area contributed by atoms with E-state index >= 15 is 0 Å². The van der Waals surface area contributed by atoms with Gasteiger partial charge in [-0.2, -0.15) is 23.4 Å². The van der Waals surface area contributed by atoms with Crippen molar-refractivity contribution in [3.8, 4) is 17.2 Å². The Morgan fingerprint density at radius 2 is 1.85 bits per heavy atom. The van der Waals surface area contributed by atoms with Crippen LogP contribution < -0.4 is 4.98 Å². The van der Waals surface area contributed by atoms with E-state index in [1.807, 2.05) is 6.07 Å². The van der Waals surface area contributed by atoms with Crippen LogP contribution in [0.25, 0.3) is 21.3 Å². The van der Waals surface area contributed by atoms with E-state index in [-0.39, 0.29) is 5.24 Å². The van der Waals surface area contributed by atoms with Crippen LogP contribution in [0, 0.1) is 11.3 Å². The molecule has 0 spiro atoms. The van der Waals surface area contributed by atoms with Gasteiger partial charge < -0.3 is 4.90 Å². The van der Waals surface area contributed by atoms with Gasteiger partial charge in [-0.05, 0) is 35.5 Å². The van der Waals surface area contributed by atoms with Crippen LogP contribution in [0.15, 0.2) is 41.3 Å². The maximum Gasteiger partial charge on any atom is 0.488 e. The molecule has 9 heteroatoms. The molecule has 1 aromatic heterocycles. The molecule has 27 heavy (non-hydrogen) atoms. The number of hydrogen-bond donors (Lipinski definition) is 0. The molecule has 0 saturated carbocycles. The maximum absolute atomic E-state index is 13.2. The summed E-state index contributed by atoms with van der Waals surface area (Å²) >= 11 is 1.55. The summed E-state index contributed by atoms with van der Waals surface area (Å²) in [5.74, 6) is 0. The monoisotopic (exact) mass is 408 g/mol. The fourth-order valence-electron chi connectivity index (χ4n) is 2.40. The number of benzene rings is 2. The van der Waals surface area contributed by atoms with Crippen molar-refractivity contribution in [1.29, 1.82) is 5.26 Å². The first-order chi connectivity index (χ1) is 12.7. The normalized spacial score (nSPS) is 11.4. The van der Waals surface area contributed by atoms with Crippen LogP contribution in [0.4, 0.5) is 18.0 Å². The summed E-state index contributed by atoms with van der Waals surface area (Å²) in [5.41, 5.74) is 1.96. The van der Waals surface area contributed by atoms with Gasteiger partial charge in [0.1, 0.15) is 4.70 Å². The number of H-pyrrole nitrogens is 1. The molecule has 1 N–H and O–H groups in total. The molecule has 0 bridgehead atoms. The molecule has 0 fully saturated rings. The van der Waals surface area contributed by atoms with E-state index in [0.29, 0.717) is 43.1 Å². The number of thiazole rings is 1. The largest absolute Gasteiger partial charge is 0.488 e. The molecule has 0 atom stereocenters. The number of halogens is 3. The third-order valence-electron chi connectivity index (χ3n) is 3.69. The van der Waals surface area contributed by atoms with Gasteiger partial charge in [0.05, 0.1) is 11.6 Å². The number of amides is 1. The smallest absolute Gasteiger partial charge is 0.339 e. The Labute approximate surface area is 161 Å². The SMILES string of the molecule is CN(C)C(=O)Sc1ccc2[nH+]c(C(F)(F)F)sc2c1-c1ccc(C#N)cc1. The molecule has 0 aliphatic rings. The van der Waals surface area contributed by atoms with E-state index in [4.69, 9.17) is 5.26 Å². The Hall–Kier alpha value is -2.57. The summed E-state index contributed by atoms with van der Waals surface area (Å²) in [6.07, 6.45) is -4.49. The number of fused-ring (bicyclic) bond motifs is 1. The standard InChI is InChI=1S/C18H12F3N3OS2/c1-24(2)17(25)26-13-8-7-12-15(27-16(23-12)18(19,20)21)14(13)11-5-3-10(9-22)4-6-11/h3-8H,1-2H3/p+1. The number of carbonyl (C=O) groups excluding carboxylic acids is 1. The summed E-state index contributed by atoms with van der Waals surface area (Å²) in [5, 5.41) is 7.92. The molecule has 0 aliphatic carbocycles. The van der Waals surface area contributed by atoms with Crippen LogP contribution in [0.5, 0.6) is 0 Å². The van der Waals surface area contributed by atoms with Crippen molar-refractivity contribution in [1.82, 2.24) is 4.90 Å². The zero-order valence-corrected chi connectivity index (χ0v) is 15.9. The second-order valence-electron chi connectivity index (χ2n) is 5.82.